The highest BCUT2D eigenvalue weighted by molar-refractivity contribution is 7.89. The summed E-state index contributed by atoms with van der Waals surface area (Å²) >= 11 is 0. The van der Waals surface area contributed by atoms with Gasteiger partial charge in [0.05, 0.1) is 11.4 Å². The van der Waals surface area contributed by atoms with Crippen molar-refractivity contribution in [1.82, 2.24) is 0 Å². The van der Waals surface area contributed by atoms with Crippen molar-refractivity contribution in [2.24, 2.45) is 10.9 Å². The van der Waals surface area contributed by atoms with Gasteiger partial charge in [-0.25, -0.2) is 13.6 Å². The van der Waals surface area contributed by atoms with E-state index in [1.165, 1.54) is 6.07 Å². The van der Waals surface area contributed by atoms with Crippen molar-refractivity contribution < 1.29 is 8.42 Å². The van der Waals surface area contributed by atoms with Crippen LogP contribution in [0, 0.1) is 0 Å². The van der Waals surface area contributed by atoms with Crippen LogP contribution in [0.4, 0.5) is 11.4 Å². The van der Waals surface area contributed by atoms with Crippen LogP contribution in [0.2, 0.25) is 0 Å². The van der Waals surface area contributed by atoms with Gasteiger partial charge in [0, 0.05) is 13.1 Å². The summed E-state index contributed by atoms with van der Waals surface area (Å²) in [7, 11) is -3.78. The van der Waals surface area contributed by atoms with Crippen molar-refractivity contribution >= 4 is 21.4 Å². The molecule has 0 fully saturated rings. The van der Waals surface area contributed by atoms with Crippen molar-refractivity contribution in [3.05, 3.63) is 18.2 Å². The van der Waals surface area contributed by atoms with Crippen molar-refractivity contribution in [3.63, 3.8) is 0 Å². The third-order valence-electron chi connectivity index (χ3n) is 1.83. The second-order valence-electron chi connectivity index (χ2n) is 2.98. The van der Waals surface area contributed by atoms with E-state index in [2.05, 4.69) is 5.32 Å². The van der Waals surface area contributed by atoms with Crippen LogP contribution >= 0.6 is 0 Å². The summed E-state index contributed by atoms with van der Waals surface area (Å²) in [5.41, 5.74) is 11.6. The molecule has 0 aliphatic rings. The van der Waals surface area contributed by atoms with Crippen LogP contribution in [0.5, 0.6) is 0 Å². The van der Waals surface area contributed by atoms with E-state index in [-0.39, 0.29) is 10.6 Å². The molecule has 0 amide bonds. The summed E-state index contributed by atoms with van der Waals surface area (Å²) in [5.74, 6) is 0. The molecule has 0 aliphatic carbocycles. The fourth-order valence-electron chi connectivity index (χ4n) is 1.15. The van der Waals surface area contributed by atoms with Crippen molar-refractivity contribution in [2.75, 3.05) is 24.1 Å². The minimum atomic E-state index is -3.78. The molecule has 0 aromatic heterocycles. The molecule has 0 atom stereocenters. The van der Waals surface area contributed by atoms with Crippen LogP contribution in [-0.2, 0) is 10.0 Å². The fraction of sp³-hybridized carbons (Fsp3) is 0.250. The smallest absolute Gasteiger partial charge is 0.240 e. The van der Waals surface area contributed by atoms with Crippen LogP contribution < -0.4 is 21.9 Å². The number of nitrogen functional groups attached to an aromatic ring is 1. The van der Waals surface area contributed by atoms with Gasteiger partial charge in [0.1, 0.15) is 4.90 Å². The van der Waals surface area contributed by atoms with Gasteiger partial charge in [-0.05, 0) is 12.1 Å². The number of hydrogen-bond acceptors (Lipinski definition) is 5. The molecule has 0 bridgehead atoms. The highest BCUT2D eigenvalue weighted by Crippen LogP contribution is 2.25. The highest BCUT2D eigenvalue weighted by atomic mass is 32.2. The molecule has 0 heterocycles. The summed E-state index contributed by atoms with van der Waals surface area (Å²) in [6, 6.07) is 4.59. The summed E-state index contributed by atoms with van der Waals surface area (Å²) < 4.78 is 22.3. The molecule has 0 unspecified atom stereocenters. The minimum absolute atomic E-state index is 0.0791. The topological polar surface area (TPSA) is 124 Å². The quantitative estimate of drug-likeness (QED) is 0.508. The van der Waals surface area contributed by atoms with Gasteiger partial charge < -0.3 is 16.8 Å². The molecule has 0 aliphatic heterocycles. The lowest BCUT2D eigenvalue weighted by atomic mass is 10.2. The first-order valence-corrected chi connectivity index (χ1v) is 5.86. The molecule has 15 heavy (non-hydrogen) atoms. The Labute approximate surface area is 88.5 Å². The number of nitrogens with one attached hydrogen (secondary N) is 1. The third kappa shape index (κ3) is 2.82. The normalized spacial score (nSPS) is 11.3. The fourth-order valence-corrected chi connectivity index (χ4v) is 1.84. The second-order valence-corrected chi connectivity index (χ2v) is 4.51. The van der Waals surface area contributed by atoms with E-state index in [1.807, 2.05) is 0 Å². The van der Waals surface area contributed by atoms with E-state index in [9.17, 15) is 8.42 Å². The van der Waals surface area contributed by atoms with E-state index in [0.29, 0.717) is 18.8 Å². The Balaban J connectivity index is 3.12. The maximum Gasteiger partial charge on any atom is 0.240 e. The molecule has 6 nitrogen and oxygen atoms in total. The van der Waals surface area contributed by atoms with E-state index >= 15 is 0 Å². The van der Waals surface area contributed by atoms with Gasteiger partial charge in [-0.2, -0.15) is 0 Å². The van der Waals surface area contributed by atoms with E-state index < -0.39 is 10.0 Å². The lowest BCUT2D eigenvalue weighted by molar-refractivity contribution is 0.598. The van der Waals surface area contributed by atoms with Gasteiger partial charge in [-0.3, -0.25) is 0 Å². The first-order valence-electron chi connectivity index (χ1n) is 4.32. The lowest BCUT2D eigenvalue weighted by Crippen LogP contribution is -2.17. The standard InChI is InChI=1S/C8H14N4O2S/c9-4-5-12-6-2-1-3-7(8(6)10)15(11,13)14/h1-3,12H,4-5,9-10H2,(H2,11,13,14). The number of anilines is 2. The van der Waals surface area contributed by atoms with Crippen LogP contribution in [0.25, 0.3) is 0 Å². The molecular formula is C8H14N4O2S. The largest absolute Gasteiger partial charge is 0.396 e. The second kappa shape index (κ2) is 4.47. The first kappa shape index (κ1) is 11.8. The van der Waals surface area contributed by atoms with Gasteiger partial charge in [-0.15, -0.1) is 0 Å². The monoisotopic (exact) mass is 230 g/mol. The van der Waals surface area contributed by atoms with Gasteiger partial charge in [0.25, 0.3) is 0 Å². The summed E-state index contributed by atoms with van der Waals surface area (Å²) in [6.07, 6.45) is 0. The predicted molar refractivity (Wildman–Crippen MR) is 59.8 cm³/mol. The van der Waals surface area contributed by atoms with E-state index in [1.54, 1.807) is 12.1 Å². The third-order valence-corrected chi connectivity index (χ3v) is 2.80. The maximum atomic E-state index is 11.1. The lowest BCUT2D eigenvalue weighted by Gasteiger charge is -2.10. The van der Waals surface area contributed by atoms with Gasteiger partial charge >= 0.3 is 0 Å². The summed E-state index contributed by atoms with van der Waals surface area (Å²) in [5, 5.41) is 7.90. The molecule has 1 aromatic rings. The number of nitrogens with two attached hydrogens (primary N) is 3. The molecular weight excluding hydrogens is 216 g/mol. The van der Waals surface area contributed by atoms with E-state index in [4.69, 9.17) is 16.6 Å². The molecule has 0 saturated carbocycles. The Bertz CT molecular complexity index is 444. The van der Waals surface area contributed by atoms with Crippen LogP contribution in [0.1, 0.15) is 0 Å². The summed E-state index contributed by atoms with van der Waals surface area (Å²) in [4.78, 5) is -0.0791. The zero-order chi connectivity index (χ0) is 11.5. The molecule has 1 aromatic carbocycles. The Hall–Kier alpha value is -1.31. The van der Waals surface area contributed by atoms with Crippen LogP contribution in [-0.4, -0.2) is 21.5 Å². The number of primary sulfonamides is 1. The van der Waals surface area contributed by atoms with Crippen molar-refractivity contribution in [2.45, 2.75) is 4.90 Å². The molecule has 7 heteroatoms. The molecule has 0 radical (unpaired) electrons. The molecule has 84 valence electrons. The first-order chi connectivity index (χ1) is 6.96. The van der Waals surface area contributed by atoms with Crippen molar-refractivity contribution in [1.29, 1.82) is 0 Å². The Morgan fingerprint density at radius 2 is 2.00 bits per heavy atom. The van der Waals surface area contributed by atoms with Gasteiger partial charge in [0.2, 0.25) is 10.0 Å². The Kier molecular flexibility index (Phi) is 3.51. The average Bonchev–Trinajstić information content (AvgIpc) is 2.14. The zero-order valence-electron chi connectivity index (χ0n) is 8.10. The van der Waals surface area contributed by atoms with Crippen LogP contribution in [0.3, 0.4) is 0 Å². The number of para-hydroxylation sites is 1. The Morgan fingerprint density at radius 1 is 1.33 bits per heavy atom. The maximum absolute atomic E-state index is 11.1. The van der Waals surface area contributed by atoms with Gasteiger partial charge in [0.15, 0.2) is 0 Å². The summed E-state index contributed by atoms with van der Waals surface area (Å²) in [6.45, 7) is 0.942. The number of hydrogen-bond donors (Lipinski definition) is 4. The Morgan fingerprint density at radius 3 is 2.53 bits per heavy atom. The minimum Gasteiger partial charge on any atom is -0.396 e. The molecule has 0 saturated heterocycles. The number of rotatable bonds is 4. The number of benzene rings is 1. The number of sulfonamides is 1. The zero-order valence-corrected chi connectivity index (χ0v) is 8.92. The average molecular weight is 230 g/mol. The SMILES string of the molecule is NCCNc1cccc(S(N)(=O)=O)c1N. The van der Waals surface area contributed by atoms with Crippen molar-refractivity contribution in [3.8, 4) is 0 Å². The highest BCUT2D eigenvalue weighted by Gasteiger charge is 2.13. The van der Waals surface area contributed by atoms with E-state index in [0.717, 1.165) is 0 Å². The predicted octanol–water partition coefficient (Wildman–Crippen LogP) is -0.713. The molecule has 1 rings (SSSR count). The molecule has 0 spiro atoms. The van der Waals surface area contributed by atoms with Gasteiger partial charge in [-0.1, -0.05) is 6.07 Å². The van der Waals surface area contributed by atoms with Crippen LogP contribution in [0.15, 0.2) is 23.1 Å². The molecule has 7 N–H and O–H groups in total.